The Kier molecular flexibility index (Phi) is 7.25. The number of carbonyl (C=O) groups is 1. The largest absolute Gasteiger partial charge is 0.359 e. The van der Waals surface area contributed by atoms with Crippen LogP contribution in [-0.4, -0.2) is 41.6 Å². The van der Waals surface area contributed by atoms with Gasteiger partial charge in [-0.15, -0.1) is 0 Å². The normalized spacial score (nSPS) is 15.0. The van der Waals surface area contributed by atoms with Crippen molar-refractivity contribution in [3.05, 3.63) is 48.0 Å². The number of hydrogen-bond acceptors (Lipinski definition) is 2. The number of benzene rings is 1. The van der Waals surface area contributed by atoms with Gasteiger partial charge in [-0.1, -0.05) is 42.5 Å². The summed E-state index contributed by atoms with van der Waals surface area (Å²) < 4.78 is 0. The Labute approximate surface area is 150 Å². The number of amides is 1. The van der Waals surface area contributed by atoms with E-state index in [1.807, 2.05) is 25.1 Å². The van der Waals surface area contributed by atoms with Gasteiger partial charge in [-0.2, -0.15) is 0 Å². The van der Waals surface area contributed by atoms with Crippen LogP contribution in [0.3, 0.4) is 0 Å². The molecule has 1 aromatic rings. The second-order valence-electron chi connectivity index (χ2n) is 6.43. The second kappa shape index (κ2) is 9.42. The highest BCUT2D eigenvalue weighted by atomic mass is 32.1. The van der Waals surface area contributed by atoms with Gasteiger partial charge in [-0.3, -0.25) is 4.79 Å². The van der Waals surface area contributed by atoms with Crippen molar-refractivity contribution in [2.45, 2.75) is 38.6 Å². The minimum absolute atomic E-state index is 0.139. The Morgan fingerprint density at radius 2 is 1.96 bits per heavy atom. The average Bonchev–Trinajstić information content (AvgIpc) is 2.59. The number of nitrogens with zero attached hydrogens (tertiary/aromatic N) is 1. The molecule has 2 N–H and O–H groups in total. The van der Waals surface area contributed by atoms with Gasteiger partial charge in [0, 0.05) is 32.1 Å². The molecule has 0 saturated carbocycles. The summed E-state index contributed by atoms with van der Waals surface area (Å²) in [7, 11) is 0. The molecule has 1 heterocycles. The number of aryl methyl sites for hydroxylation is 1. The van der Waals surface area contributed by atoms with Crippen LogP contribution in [0.15, 0.2) is 42.5 Å². The van der Waals surface area contributed by atoms with Gasteiger partial charge in [0.15, 0.2) is 5.11 Å². The lowest BCUT2D eigenvalue weighted by Crippen LogP contribution is -2.49. The third-order valence-corrected chi connectivity index (χ3v) is 4.57. The van der Waals surface area contributed by atoms with Gasteiger partial charge in [-0.05, 0) is 44.0 Å². The summed E-state index contributed by atoms with van der Waals surface area (Å²) in [6.45, 7) is 8.33. The van der Waals surface area contributed by atoms with Crippen molar-refractivity contribution in [2.75, 3.05) is 19.6 Å². The summed E-state index contributed by atoms with van der Waals surface area (Å²) in [5, 5.41) is 7.16. The van der Waals surface area contributed by atoms with E-state index in [1.165, 1.54) is 5.56 Å². The van der Waals surface area contributed by atoms with Crippen LogP contribution in [0.2, 0.25) is 0 Å². The molecule has 0 bridgehead atoms. The molecule has 1 aliphatic rings. The van der Waals surface area contributed by atoms with Gasteiger partial charge >= 0.3 is 0 Å². The second-order valence-corrected chi connectivity index (χ2v) is 6.82. The molecule has 1 aliphatic heterocycles. The van der Waals surface area contributed by atoms with Crippen molar-refractivity contribution in [2.24, 2.45) is 0 Å². The molecule has 1 aromatic carbocycles. The zero-order valence-electron chi connectivity index (χ0n) is 14.4. The van der Waals surface area contributed by atoms with Crippen molar-refractivity contribution < 1.29 is 4.79 Å². The molecule has 130 valence electrons. The predicted octanol–water partition coefficient (Wildman–Crippen LogP) is 2.65. The average molecular weight is 346 g/mol. The number of nitrogens with one attached hydrogen (secondary N) is 2. The molecular weight excluding hydrogens is 318 g/mol. The summed E-state index contributed by atoms with van der Waals surface area (Å²) in [6, 6.07) is 10.4. The predicted molar refractivity (Wildman–Crippen MR) is 103 cm³/mol. The van der Waals surface area contributed by atoms with Crippen LogP contribution in [-0.2, 0) is 11.2 Å². The Hall–Kier alpha value is -1.88. The molecule has 1 fully saturated rings. The molecule has 4 nitrogen and oxygen atoms in total. The van der Waals surface area contributed by atoms with Gasteiger partial charge in [0.1, 0.15) is 0 Å². The highest BCUT2D eigenvalue weighted by Crippen LogP contribution is 2.11. The number of likely N-dealkylation sites (tertiary alicyclic amines) is 1. The molecule has 24 heavy (non-hydrogen) atoms. The molecule has 1 amide bonds. The summed E-state index contributed by atoms with van der Waals surface area (Å²) >= 11 is 5.40. The maximum absolute atomic E-state index is 12.1. The van der Waals surface area contributed by atoms with Crippen molar-refractivity contribution in [1.82, 2.24) is 15.5 Å². The monoisotopic (exact) mass is 345 g/mol. The van der Waals surface area contributed by atoms with E-state index >= 15 is 0 Å². The lowest BCUT2D eigenvalue weighted by molar-refractivity contribution is -0.122. The first-order valence-corrected chi connectivity index (χ1v) is 8.96. The lowest BCUT2D eigenvalue weighted by Gasteiger charge is -2.34. The van der Waals surface area contributed by atoms with Crippen LogP contribution in [0.1, 0.15) is 31.7 Å². The highest BCUT2D eigenvalue weighted by Gasteiger charge is 2.21. The van der Waals surface area contributed by atoms with E-state index in [1.54, 1.807) is 0 Å². The van der Waals surface area contributed by atoms with E-state index in [-0.39, 0.29) is 11.9 Å². The van der Waals surface area contributed by atoms with Crippen LogP contribution in [0.4, 0.5) is 0 Å². The van der Waals surface area contributed by atoms with Crippen molar-refractivity contribution in [3.8, 4) is 0 Å². The third-order valence-electron chi connectivity index (χ3n) is 4.17. The molecule has 5 heteroatoms. The molecule has 2 rings (SSSR count). The first-order chi connectivity index (χ1) is 11.5. The van der Waals surface area contributed by atoms with E-state index in [2.05, 4.69) is 34.2 Å². The van der Waals surface area contributed by atoms with Gasteiger partial charge in [0.05, 0.1) is 0 Å². The fourth-order valence-corrected chi connectivity index (χ4v) is 3.02. The smallest absolute Gasteiger partial charge is 0.220 e. The van der Waals surface area contributed by atoms with E-state index in [0.29, 0.717) is 6.42 Å². The Morgan fingerprint density at radius 1 is 1.29 bits per heavy atom. The van der Waals surface area contributed by atoms with E-state index < -0.39 is 0 Å². The molecular formula is C19H27N3OS. The Morgan fingerprint density at radius 3 is 2.58 bits per heavy atom. The quantitative estimate of drug-likeness (QED) is 0.615. The third kappa shape index (κ3) is 6.32. The maximum atomic E-state index is 12.1. The first kappa shape index (κ1) is 18.5. The number of carbonyl (C=O) groups excluding carboxylic acids is 1. The van der Waals surface area contributed by atoms with E-state index in [4.69, 9.17) is 12.2 Å². The van der Waals surface area contributed by atoms with Gasteiger partial charge in [0.2, 0.25) is 5.91 Å². The minimum Gasteiger partial charge on any atom is -0.359 e. The first-order valence-electron chi connectivity index (χ1n) is 8.55. The van der Waals surface area contributed by atoms with Crippen LogP contribution >= 0.6 is 12.2 Å². The molecule has 0 atom stereocenters. The van der Waals surface area contributed by atoms with Gasteiger partial charge in [0.25, 0.3) is 0 Å². The summed E-state index contributed by atoms with van der Waals surface area (Å²) in [6.07, 6.45) is 3.21. The topological polar surface area (TPSA) is 44.4 Å². The fraction of sp³-hybridized carbons (Fsp3) is 0.474. The van der Waals surface area contributed by atoms with Crippen LogP contribution in [0.25, 0.3) is 0 Å². The summed E-state index contributed by atoms with van der Waals surface area (Å²) in [4.78, 5) is 14.3. The Bertz CT molecular complexity index is 565. The zero-order chi connectivity index (χ0) is 17.4. The van der Waals surface area contributed by atoms with Gasteiger partial charge < -0.3 is 15.5 Å². The highest BCUT2D eigenvalue weighted by molar-refractivity contribution is 7.80. The van der Waals surface area contributed by atoms with Gasteiger partial charge in [-0.25, -0.2) is 0 Å². The molecule has 0 aromatic heterocycles. The maximum Gasteiger partial charge on any atom is 0.220 e. The fourth-order valence-electron chi connectivity index (χ4n) is 2.77. The number of rotatable bonds is 6. The lowest BCUT2D eigenvalue weighted by atomic mass is 10.0. The molecule has 0 radical (unpaired) electrons. The molecule has 0 spiro atoms. The van der Waals surface area contributed by atoms with Crippen molar-refractivity contribution >= 4 is 23.2 Å². The number of thiocarbonyl (C=S) groups is 1. The standard InChI is InChI=1S/C19H27N3OS/c1-15(2)14-20-19(24)22-12-10-17(11-13-22)21-18(23)9-8-16-6-4-3-5-7-16/h3-7,17H,1,8-14H2,2H3,(H,20,24)(H,21,23). The number of hydrogen-bond donors (Lipinski definition) is 2. The molecule has 1 saturated heterocycles. The van der Waals surface area contributed by atoms with E-state index in [0.717, 1.165) is 49.6 Å². The van der Waals surface area contributed by atoms with Crippen LogP contribution in [0, 0.1) is 0 Å². The number of piperidine rings is 1. The van der Waals surface area contributed by atoms with Crippen molar-refractivity contribution in [3.63, 3.8) is 0 Å². The zero-order valence-corrected chi connectivity index (χ0v) is 15.2. The van der Waals surface area contributed by atoms with E-state index in [9.17, 15) is 4.79 Å². The van der Waals surface area contributed by atoms with Crippen LogP contribution in [0.5, 0.6) is 0 Å². The van der Waals surface area contributed by atoms with Crippen LogP contribution < -0.4 is 10.6 Å². The Balaban J connectivity index is 1.66. The summed E-state index contributed by atoms with van der Waals surface area (Å²) in [5.74, 6) is 0.139. The molecule has 0 aliphatic carbocycles. The SMILES string of the molecule is C=C(C)CNC(=S)N1CCC(NC(=O)CCc2ccccc2)CC1. The minimum atomic E-state index is 0.139. The molecule has 0 unspecified atom stereocenters. The van der Waals surface area contributed by atoms with Crippen molar-refractivity contribution in [1.29, 1.82) is 0 Å². The summed E-state index contributed by atoms with van der Waals surface area (Å²) in [5.41, 5.74) is 2.27.